The molecule has 0 bridgehead atoms. The van der Waals surface area contributed by atoms with Crippen molar-refractivity contribution >= 4 is 34.8 Å². The monoisotopic (exact) mass is 403 g/mol. The van der Waals surface area contributed by atoms with Crippen molar-refractivity contribution in [3.05, 3.63) is 70.0 Å². The summed E-state index contributed by atoms with van der Waals surface area (Å²) in [6.45, 7) is 4.40. The molecule has 1 aromatic heterocycles. The summed E-state index contributed by atoms with van der Waals surface area (Å²) in [4.78, 5) is 12.8. The average molecular weight is 404 g/mol. The number of nitrogens with one attached hydrogen (secondary N) is 1. The maximum absolute atomic E-state index is 12.8. The highest BCUT2D eigenvalue weighted by atomic mass is 35.5. The lowest BCUT2D eigenvalue weighted by Crippen LogP contribution is -2.14. The van der Waals surface area contributed by atoms with E-state index in [-0.39, 0.29) is 5.91 Å². The molecule has 1 heterocycles. The van der Waals surface area contributed by atoms with Gasteiger partial charge in [-0.2, -0.15) is 5.10 Å². The van der Waals surface area contributed by atoms with Crippen molar-refractivity contribution in [2.45, 2.75) is 20.3 Å². The Hall–Kier alpha value is -2.50. The normalized spacial score (nSPS) is 10.7. The van der Waals surface area contributed by atoms with Crippen molar-refractivity contribution in [1.82, 2.24) is 9.78 Å². The van der Waals surface area contributed by atoms with Gasteiger partial charge in [0.25, 0.3) is 5.91 Å². The molecular formula is C20H19Cl2N3O2. The zero-order valence-electron chi connectivity index (χ0n) is 15.0. The molecule has 0 aliphatic heterocycles. The topological polar surface area (TPSA) is 56.1 Å². The Balaban J connectivity index is 1.87. The van der Waals surface area contributed by atoms with Gasteiger partial charge < -0.3 is 10.1 Å². The predicted octanol–water partition coefficient (Wildman–Crippen LogP) is 5.53. The summed E-state index contributed by atoms with van der Waals surface area (Å²) >= 11 is 12.1. The van der Waals surface area contributed by atoms with Gasteiger partial charge >= 0.3 is 0 Å². The third-order valence-electron chi connectivity index (χ3n) is 3.96. The van der Waals surface area contributed by atoms with Gasteiger partial charge in [0, 0.05) is 10.0 Å². The standard InChI is InChI=1S/C20H19Cl2N3O2/c1-3-9-27-19-8-7-15(22)11-18(19)24-20(26)17-12-23-25(13(17)2)16-6-4-5-14(21)10-16/h4-8,10-12H,3,9H2,1-2H3,(H,24,26). The average Bonchev–Trinajstić information content (AvgIpc) is 3.02. The molecule has 0 aliphatic rings. The highest BCUT2D eigenvalue weighted by molar-refractivity contribution is 6.31. The van der Waals surface area contributed by atoms with E-state index in [0.717, 1.165) is 12.1 Å². The minimum absolute atomic E-state index is 0.288. The van der Waals surface area contributed by atoms with Crippen LogP contribution in [0, 0.1) is 6.92 Å². The van der Waals surface area contributed by atoms with E-state index in [0.29, 0.717) is 39.3 Å². The van der Waals surface area contributed by atoms with Crippen molar-refractivity contribution in [2.75, 3.05) is 11.9 Å². The van der Waals surface area contributed by atoms with Crippen molar-refractivity contribution < 1.29 is 9.53 Å². The van der Waals surface area contributed by atoms with Crippen LogP contribution in [0.5, 0.6) is 5.75 Å². The second kappa shape index (κ2) is 8.46. The first kappa shape index (κ1) is 19.3. The van der Waals surface area contributed by atoms with Crippen LogP contribution in [-0.4, -0.2) is 22.3 Å². The van der Waals surface area contributed by atoms with Crippen LogP contribution in [0.1, 0.15) is 29.4 Å². The van der Waals surface area contributed by atoms with Crippen LogP contribution in [0.25, 0.3) is 5.69 Å². The fourth-order valence-corrected chi connectivity index (χ4v) is 2.98. The molecule has 3 rings (SSSR count). The largest absolute Gasteiger partial charge is 0.491 e. The van der Waals surface area contributed by atoms with E-state index in [1.165, 1.54) is 6.20 Å². The van der Waals surface area contributed by atoms with Crippen molar-refractivity contribution in [2.24, 2.45) is 0 Å². The third-order valence-corrected chi connectivity index (χ3v) is 4.43. The smallest absolute Gasteiger partial charge is 0.259 e. The van der Waals surface area contributed by atoms with E-state index in [9.17, 15) is 4.79 Å². The highest BCUT2D eigenvalue weighted by Gasteiger charge is 2.17. The van der Waals surface area contributed by atoms with Gasteiger partial charge in [-0.25, -0.2) is 4.68 Å². The van der Waals surface area contributed by atoms with Gasteiger partial charge in [0.15, 0.2) is 0 Å². The Bertz CT molecular complexity index is 970. The number of hydrogen-bond donors (Lipinski definition) is 1. The predicted molar refractivity (Wildman–Crippen MR) is 109 cm³/mol. The van der Waals surface area contributed by atoms with Crippen LogP contribution >= 0.6 is 23.2 Å². The summed E-state index contributed by atoms with van der Waals surface area (Å²) < 4.78 is 7.36. The maximum atomic E-state index is 12.8. The Morgan fingerprint density at radius 3 is 2.70 bits per heavy atom. The van der Waals surface area contributed by atoms with Crippen LogP contribution in [-0.2, 0) is 0 Å². The number of carbonyl (C=O) groups is 1. The molecule has 0 fully saturated rings. The molecule has 5 nitrogen and oxygen atoms in total. The lowest BCUT2D eigenvalue weighted by Gasteiger charge is -2.12. The lowest BCUT2D eigenvalue weighted by atomic mass is 10.2. The first-order valence-corrected chi connectivity index (χ1v) is 9.29. The summed E-state index contributed by atoms with van der Waals surface area (Å²) in [5.41, 5.74) is 2.47. The fourth-order valence-electron chi connectivity index (χ4n) is 2.63. The van der Waals surface area contributed by atoms with Crippen LogP contribution in [0.15, 0.2) is 48.7 Å². The van der Waals surface area contributed by atoms with Gasteiger partial charge in [0.2, 0.25) is 0 Å². The fraction of sp³-hybridized carbons (Fsp3) is 0.200. The van der Waals surface area contributed by atoms with Gasteiger partial charge in [0.05, 0.1) is 35.4 Å². The number of nitrogens with zero attached hydrogens (tertiary/aromatic N) is 2. The maximum Gasteiger partial charge on any atom is 0.259 e. The van der Waals surface area contributed by atoms with Gasteiger partial charge in [0.1, 0.15) is 5.75 Å². The summed E-state index contributed by atoms with van der Waals surface area (Å²) in [6.07, 6.45) is 2.39. The Kier molecular flexibility index (Phi) is 6.04. The van der Waals surface area contributed by atoms with Gasteiger partial charge in [-0.05, 0) is 49.7 Å². The number of ether oxygens (including phenoxy) is 1. The number of aromatic nitrogens is 2. The molecule has 0 radical (unpaired) electrons. The first-order chi connectivity index (χ1) is 13.0. The molecular weight excluding hydrogens is 385 g/mol. The number of carbonyl (C=O) groups excluding carboxylic acids is 1. The number of benzene rings is 2. The molecule has 3 aromatic rings. The van der Waals surface area contributed by atoms with Crippen LogP contribution < -0.4 is 10.1 Å². The lowest BCUT2D eigenvalue weighted by molar-refractivity contribution is 0.102. The molecule has 27 heavy (non-hydrogen) atoms. The number of anilines is 1. The quantitative estimate of drug-likeness (QED) is 0.588. The van der Waals surface area contributed by atoms with Crippen LogP contribution in [0.3, 0.4) is 0 Å². The van der Waals surface area contributed by atoms with Gasteiger partial charge in [-0.15, -0.1) is 0 Å². The molecule has 0 atom stereocenters. The second-order valence-corrected chi connectivity index (χ2v) is 6.85. The highest BCUT2D eigenvalue weighted by Crippen LogP contribution is 2.29. The van der Waals surface area contributed by atoms with Crippen LogP contribution in [0.4, 0.5) is 5.69 Å². The first-order valence-electron chi connectivity index (χ1n) is 8.54. The molecule has 0 aliphatic carbocycles. The molecule has 1 amide bonds. The van der Waals surface area contributed by atoms with Gasteiger partial charge in [-0.1, -0.05) is 36.2 Å². The van der Waals surface area contributed by atoms with Crippen LogP contribution in [0.2, 0.25) is 10.0 Å². The van der Waals surface area contributed by atoms with E-state index >= 15 is 0 Å². The molecule has 0 saturated carbocycles. The van der Waals surface area contributed by atoms with Crippen molar-refractivity contribution in [3.63, 3.8) is 0 Å². The zero-order chi connectivity index (χ0) is 19.4. The van der Waals surface area contributed by atoms with E-state index in [2.05, 4.69) is 10.4 Å². The number of hydrogen-bond acceptors (Lipinski definition) is 3. The Morgan fingerprint density at radius 1 is 1.19 bits per heavy atom. The minimum Gasteiger partial charge on any atom is -0.491 e. The number of rotatable bonds is 6. The molecule has 0 spiro atoms. The molecule has 2 aromatic carbocycles. The SMILES string of the molecule is CCCOc1ccc(Cl)cc1NC(=O)c1cnn(-c2cccc(Cl)c2)c1C. The molecule has 0 saturated heterocycles. The van der Waals surface area contributed by atoms with Gasteiger partial charge in [-0.3, -0.25) is 4.79 Å². The van der Waals surface area contributed by atoms with E-state index in [1.54, 1.807) is 35.0 Å². The Morgan fingerprint density at radius 2 is 1.96 bits per heavy atom. The minimum atomic E-state index is -0.288. The summed E-state index contributed by atoms with van der Waals surface area (Å²) in [6, 6.07) is 12.4. The molecule has 7 heteroatoms. The summed E-state index contributed by atoms with van der Waals surface area (Å²) in [7, 11) is 0. The number of amides is 1. The molecule has 140 valence electrons. The van der Waals surface area contributed by atoms with E-state index in [1.807, 2.05) is 26.0 Å². The Labute approximate surface area is 167 Å². The number of halogens is 2. The van der Waals surface area contributed by atoms with Crippen molar-refractivity contribution in [3.8, 4) is 11.4 Å². The van der Waals surface area contributed by atoms with E-state index in [4.69, 9.17) is 27.9 Å². The second-order valence-electron chi connectivity index (χ2n) is 5.98. The molecule has 0 unspecified atom stereocenters. The zero-order valence-corrected chi connectivity index (χ0v) is 16.5. The third kappa shape index (κ3) is 4.43. The molecule has 1 N–H and O–H groups in total. The summed E-state index contributed by atoms with van der Waals surface area (Å²) in [5.74, 6) is 0.291. The van der Waals surface area contributed by atoms with Crippen molar-refractivity contribution in [1.29, 1.82) is 0 Å². The summed E-state index contributed by atoms with van der Waals surface area (Å²) in [5, 5.41) is 8.30. The van der Waals surface area contributed by atoms with E-state index < -0.39 is 0 Å².